The van der Waals surface area contributed by atoms with E-state index in [1.165, 1.54) is 5.57 Å². The van der Waals surface area contributed by atoms with Crippen molar-refractivity contribution < 1.29 is 5.11 Å². The fraction of sp³-hybridized carbons (Fsp3) is 0.500. The highest BCUT2D eigenvalue weighted by molar-refractivity contribution is 8.00. The molecule has 0 aromatic rings. The molecule has 0 fully saturated rings. The average Bonchev–Trinajstić information content (AvgIpc) is 2.27. The highest BCUT2D eigenvalue weighted by Crippen LogP contribution is 2.14. The first-order chi connectivity index (χ1) is 7.28. The number of hydrogen-bond acceptors (Lipinski definition) is 3. The van der Waals surface area contributed by atoms with Gasteiger partial charge in [-0.2, -0.15) is 11.8 Å². The van der Waals surface area contributed by atoms with Crippen LogP contribution in [0.1, 0.15) is 6.92 Å². The summed E-state index contributed by atoms with van der Waals surface area (Å²) in [6.45, 7) is 6.79. The van der Waals surface area contributed by atoms with Crippen LogP contribution in [0.25, 0.3) is 0 Å². The Bertz CT molecular complexity index is 224. The molecule has 0 spiro atoms. The summed E-state index contributed by atoms with van der Waals surface area (Å²) in [5.41, 5.74) is 1.19. The quantitative estimate of drug-likeness (QED) is 0.622. The molecule has 0 saturated carbocycles. The molecule has 0 saturated heterocycles. The van der Waals surface area contributed by atoms with Crippen molar-refractivity contribution in [1.29, 1.82) is 0 Å². The predicted molar refractivity (Wildman–Crippen MR) is 70.4 cm³/mol. The molecule has 0 aromatic carbocycles. The van der Waals surface area contributed by atoms with Crippen molar-refractivity contribution in [3.8, 4) is 0 Å². The number of hydrogen-bond donors (Lipinski definition) is 2. The van der Waals surface area contributed by atoms with Crippen LogP contribution in [-0.2, 0) is 0 Å². The largest absolute Gasteiger partial charge is 0.395 e. The van der Waals surface area contributed by atoms with Crippen molar-refractivity contribution in [2.75, 3.05) is 26.0 Å². The van der Waals surface area contributed by atoms with Gasteiger partial charge >= 0.3 is 0 Å². The van der Waals surface area contributed by atoms with Gasteiger partial charge in [0.2, 0.25) is 0 Å². The maximum atomic E-state index is 9.10. The van der Waals surface area contributed by atoms with Crippen molar-refractivity contribution in [3.63, 3.8) is 0 Å². The van der Waals surface area contributed by atoms with Gasteiger partial charge in [-0.15, -0.1) is 0 Å². The van der Waals surface area contributed by atoms with Crippen LogP contribution in [-0.4, -0.2) is 36.3 Å². The lowest BCUT2D eigenvalue weighted by molar-refractivity contribution is 0.293. The standard InChI is InChI=1S/C12H21NOS/c1-4-6-7-11(5-2)10-15-12(9-14)8-13-3/h4-7,12-14H,2,8-10H2,1,3H3/b6-4-,11-7+. The molecule has 0 aliphatic rings. The summed E-state index contributed by atoms with van der Waals surface area (Å²) in [4.78, 5) is 0. The van der Waals surface area contributed by atoms with Gasteiger partial charge in [-0.3, -0.25) is 0 Å². The zero-order valence-corrected chi connectivity index (χ0v) is 10.4. The summed E-state index contributed by atoms with van der Waals surface area (Å²) in [5, 5.41) is 12.4. The van der Waals surface area contributed by atoms with Crippen molar-refractivity contribution in [2.24, 2.45) is 0 Å². The third-order valence-corrected chi connectivity index (χ3v) is 3.17. The molecule has 0 aromatic heterocycles. The van der Waals surface area contributed by atoms with E-state index in [0.717, 1.165) is 12.3 Å². The van der Waals surface area contributed by atoms with Crippen molar-refractivity contribution in [3.05, 3.63) is 36.5 Å². The van der Waals surface area contributed by atoms with Gasteiger partial charge in [-0.25, -0.2) is 0 Å². The average molecular weight is 227 g/mol. The van der Waals surface area contributed by atoms with E-state index in [0.29, 0.717) is 0 Å². The van der Waals surface area contributed by atoms with Gasteiger partial charge in [0.05, 0.1) is 6.61 Å². The van der Waals surface area contributed by atoms with Crippen LogP contribution in [0.3, 0.4) is 0 Å². The van der Waals surface area contributed by atoms with Gasteiger partial charge in [-0.05, 0) is 19.5 Å². The Labute approximate surface area is 97.2 Å². The Kier molecular flexibility index (Phi) is 9.68. The molecule has 0 aliphatic carbocycles. The Morgan fingerprint density at radius 2 is 2.33 bits per heavy atom. The monoisotopic (exact) mass is 227 g/mol. The fourth-order valence-electron chi connectivity index (χ4n) is 1.01. The lowest BCUT2D eigenvalue weighted by Gasteiger charge is -2.13. The molecule has 0 bridgehead atoms. The van der Waals surface area contributed by atoms with E-state index in [2.05, 4.69) is 11.9 Å². The normalized spacial score (nSPS) is 14.5. The molecular weight excluding hydrogens is 206 g/mol. The van der Waals surface area contributed by atoms with E-state index >= 15 is 0 Å². The first kappa shape index (κ1) is 14.5. The smallest absolute Gasteiger partial charge is 0.0562 e. The second-order valence-electron chi connectivity index (χ2n) is 3.14. The lowest BCUT2D eigenvalue weighted by Crippen LogP contribution is -2.24. The number of thioether (sulfide) groups is 1. The molecule has 0 rings (SSSR count). The summed E-state index contributed by atoms with van der Waals surface area (Å²) < 4.78 is 0. The third-order valence-electron chi connectivity index (χ3n) is 1.89. The van der Waals surface area contributed by atoms with E-state index in [-0.39, 0.29) is 11.9 Å². The van der Waals surface area contributed by atoms with E-state index in [4.69, 9.17) is 5.11 Å². The second-order valence-corrected chi connectivity index (χ2v) is 4.43. The molecule has 0 amide bonds. The summed E-state index contributed by atoms with van der Waals surface area (Å²) >= 11 is 1.74. The van der Waals surface area contributed by atoms with E-state index in [9.17, 15) is 0 Å². The molecule has 0 radical (unpaired) electrons. The Hall–Kier alpha value is -0.510. The minimum atomic E-state index is 0.208. The van der Waals surface area contributed by atoms with Crippen molar-refractivity contribution in [1.82, 2.24) is 5.32 Å². The molecule has 15 heavy (non-hydrogen) atoms. The van der Waals surface area contributed by atoms with E-state index in [1.54, 1.807) is 11.8 Å². The molecule has 3 heteroatoms. The van der Waals surface area contributed by atoms with Crippen LogP contribution < -0.4 is 5.32 Å². The number of aliphatic hydroxyl groups excluding tert-OH is 1. The van der Waals surface area contributed by atoms with Crippen LogP contribution in [0.15, 0.2) is 36.5 Å². The molecule has 1 unspecified atom stereocenters. The first-order valence-corrected chi connectivity index (χ1v) is 6.14. The molecule has 0 heterocycles. The fourth-order valence-corrected chi connectivity index (χ4v) is 2.04. The van der Waals surface area contributed by atoms with Crippen molar-refractivity contribution >= 4 is 11.8 Å². The minimum Gasteiger partial charge on any atom is -0.395 e. The summed E-state index contributed by atoms with van der Waals surface area (Å²) in [6, 6.07) is 0. The van der Waals surface area contributed by atoms with Gasteiger partial charge in [0.1, 0.15) is 0 Å². The maximum absolute atomic E-state index is 9.10. The van der Waals surface area contributed by atoms with Crippen LogP contribution in [0.4, 0.5) is 0 Å². The van der Waals surface area contributed by atoms with E-state index < -0.39 is 0 Å². The van der Waals surface area contributed by atoms with Crippen LogP contribution in [0.2, 0.25) is 0 Å². The summed E-state index contributed by atoms with van der Waals surface area (Å²) in [7, 11) is 1.90. The maximum Gasteiger partial charge on any atom is 0.0562 e. The minimum absolute atomic E-state index is 0.208. The van der Waals surface area contributed by atoms with Crippen LogP contribution >= 0.6 is 11.8 Å². The number of rotatable bonds is 8. The molecule has 1 atom stereocenters. The summed E-state index contributed by atoms with van der Waals surface area (Å²) in [5.74, 6) is 0.890. The number of nitrogens with one attached hydrogen (secondary N) is 1. The van der Waals surface area contributed by atoms with Crippen LogP contribution in [0.5, 0.6) is 0 Å². The third kappa shape index (κ3) is 7.42. The molecule has 2 N–H and O–H groups in total. The molecule has 2 nitrogen and oxygen atoms in total. The van der Waals surface area contributed by atoms with Crippen LogP contribution in [0, 0.1) is 0 Å². The predicted octanol–water partition coefficient (Wildman–Crippen LogP) is 1.99. The van der Waals surface area contributed by atoms with Gasteiger partial charge in [0.25, 0.3) is 0 Å². The molecule has 0 aliphatic heterocycles. The van der Waals surface area contributed by atoms with E-state index in [1.807, 2.05) is 38.3 Å². The van der Waals surface area contributed by atoms with Gasteiger partial charge < -0.3 is 10.4 Å². The molecule has 86 valence electrons. The summed E-state index contributed by atoms with van der Waals surface area (Å²) in [6.07, 6.45) is 7.91. The second kappa shape index (κ2) is 10.0. The zero-order valence-electron chi connectivity index (χ0n) is 9.57. The number of allylic oxidation sites excluding steroid dienone is 4. The topological polar surface area (TPSA) is 32.3 Å². The zero-order chi connectivity index (χ0) is 11.5. The van der Waals surface area contributed by atoms with Gasteiger partial charge in [-0.1, -0.05) is 30.9 Å². The molecular formula is C12H21NOS. The highest BCUT2D eigenvalue weighted by atomic mass is 32.2. The van der Waals surface area contributed by atoms with Gasteiger partial charge in [0, 0.05) is 17.5 Å². The Balaban J connectivity index is 4.02. The highest BCUT2D eigenvalue weighted by Gasteiger charge is 2.06. The number of aliphatic hydroxyl groups is 1. The first-order valence-electron chi connectivity index (χ1n) is 5.09. The van der Waals surface area contributed by atoms with Crippen molar-refractivity contribution in [2.45, 2.75) is 12.2 Å². The Morgan fingerprint density at radius 3 is 2.80 bits per heavy atom. The Morgan fingerprint density at radius 1 is 1.60 bits per heavy atom. The lowest BCUT2D eigenvalue weighted by atomic mass is 10.3. The van der Waals surface area contributed by atoms with Gasteiger partial charge in [0.15, 0.2) is 0 Å². The SMILES string of the molecule is C=C/C(=C\C=C/C)CSC(CO)CNC.